The van der Waals surface area contributed by atoms with Gasteiger partial charge in [-0.25, -0.2) is 0 Å². The second-order valence-electron chi connectivity index (χ2n) is 2.50. The molecular weight excluding hydrogens is 134 g/mol. The maximum atomic E-state index is 8.73. The summed E-state index contributed by atoms with van der Waals surface area (Å²) < 4.78 is 0. The lowest BCUT2D eigenvalue weighted by molar-refractivity contribution is 0.818. The van der Waals surface area contributed by atoms with Gasteiger partial charge < -0.3 is 0 Å². The Labute approximate surface area is 67.3 Å². The van der Waals surface area contributed by atoms with Crippen molar-refractivity contribution in [2.24, 2.45) is 0 Å². The third kappa shape index (κ3) is 1.81. The van der Waals surface area contributed by atoms with Gasteiger partial charge in [0.2, 0.25) is 0 Å². The predicted octanol–water partition coefficient (Wildman–Crippen LogP) is 2.70. The molecule has 0 spiro atoms. The molecule has 1 rings (SSSR count). The average molecular weight is 145 g/mol. The number of nitrogens with zero attached hydrogens (tertiary/aromatic N) is 1. The summed E-state index contributed by atoms with van der Waals surface area (Å²) in [5.74, 6) is 0.0659. The van der Waals surface area contributed by atoms with Crippen molar-refractivity contribution in [3.63, 3.8) is 0 Å². The average Bonchev–Trinajstić information content (AvgIpc) is 2.09. The minimum atomic E-state index is 0.0659. The summed E-state index contributed by atoms with van der Waals surface area (Å²) in [4.78, 5) is 0. The summed E-state index contributed by atoms with van der Waals surface area (Å²) in [6.07, 6.45) is 0.889. The van der Waals surface area contributed by atoms with Gasteiger partial charge in [-0.15, -0.1) is 0 Å². The Morgan fingerprint density at radius 2 is 2.00 bits per heavy atom. The molecule has 0 N–H and O–H groups in total. The molecule has 1 heteroatoms. The minimum absolute atomic E-state index is 0.0659. The number of nitriles is 1. The second kappa shape index (κ2) is 3.78. The van der Waals surface area contributed by atoms with Crippen molar-refractivity contribution in [2.45, 2.75) is 19.3 Å². The number of hydrogen-bond acceptors (Lipinski definition) is 1. The Bertz CT molecular complexity index is 245. The van der Waals surface area contributed by atoms with E-state index in [1.807, 2.05) is 37.3 Å². The molecule has 1 aromatic carbocycles. The standard InChI is InChI=1S/C10H11N/c1-2-9(8-11)10-6-4-3-5-7-10/h3-7,9H,2H2,1H3/t9-/m1/s1. The fraction of sp³-hybridized carbons (Fsp3) is 0.300. The highest BCUT2D eigenvalue weighted by atomic mass is 14.3. The molecular formula is C10H11N. The van der Waals surface area contributed by atoms with Gasteiger partial charge in [0, 0.05) is 0 Å². The topological polar surface area (TPSA) is 23.8 Å². The van der Waals surface area contributed by atoms with Gasteiger partial charge in [-0.05, 0) is 12.0 Å². The second-order valence-corrected chi connectivity index (χ2v) is 2.50. The van der Waals surface area contributed by atoms with Crippen molar-refractivity contribution in [3.8, 4) is 6.07 Å². The Morgan fingerprint density at radius 3 is 2.45 bits per heavy atom. The molecule has 0 bridgehead atoms. The van der Waals surface area contributed by atoms with Crippen LogP contribution in [0.5, 0.6) is 0 Å². The molecule has 1 nitrogen and oxygen atoms in total. The molecule has 1 atom stereocenters. The van der Waals surface area contributed by atoms with Gasteiger partial charge in [-0.3, -0.25) is 0 Å². The van der Waals surface area contributed by atoms with Gasteiger partial charge in [0.1, 0.15) is 0 Å². The first kappa shape index (κ1) is 7.81. The third-order valence-electron chi connectivity index (χ3n) is 1.77. The van der Waals surface area contributed by atoms with E-state index < -0.39 is 0 Å². The number of hydrogen-bond donors (Lipinski definition) is 0. The van der Waals surface area contributed by atoms with E-state index in [1.54, 1.807) is 0 Å². The molecule has 11 heavy (non-hydrogen) atoms. The molecule has 0 unspecified atom stereocenters. The highest BCUT2D eigenvalue weighted by molar-refractivity contribution is 5.24. The quantitative estimate of drug-likeness (QED) is 0.627. The van der Waals surface area contributed by atoms with Crippen LogP contribution in [-0.2, 0) is 0 Å². The lowest BCUT2D eigenvalue weighted by atomic mass is 9.99. The summed E-state index contributed by atoms with van der Waals surface area (Å²) in [5, 5.41) is 8.73. The monoisotopic (exact) mass is 145 g/mol. The van der Waals surface area contributed by atoms with Gasteiger partial charge in [0.25, 0.3) is 0 Å². The van der Waals surface area contributed by atoms with Gasteiger partial charge in [-0.1, -0.05) is 37.3 Å². The SMILES string of the molecule is CC[C@H](C#N)c1ccccc1. The zero-order chi connectivity index (χ0) is 8.10. The maximum absolute atomic E-state index is 8.73. The van der Waals surface area contributed by atoms with E-state index in [0.717, 1.165) is 12.0 Å². The van der Waals surface area contributed by atoms with Gasteiger partial charge >= 0.3 is 0 Å². The van der Waals surface area contributed by atoms with E-state index in [-0.39, 0.29) is 5.92 Å². The Kier molecular flexibility index (Phi) is 2.68. The van der Waals surface area contributed by atoms with Crippen LogP contribution in [-0.4, -0.2) is 0 Å². The first-order valence-corrected chi connectivity index (χ1v) is 3.83. The fourth-order valence-corrected chi connectivity index (χ4v) is 1.09. The molecule has 1 aromatic rings. The molecule has 0 saturated heterocycles. The van der Waals surface area contributed by atoms with Gasteiger partial charge in [0.15, 0.2) is 0 Å². The van der Waals surface area contributed by atoms with Crippen LogP contribution in [0.1, 0.15) is 24.8 Å². The molecule has 56 valence electrons. The largest absolute Gasteiger partial charge is 0.198 e. The highest BCUT2D eigenvalue weighted by Crippen LogP contribution is 2.16. The maximum Gasteiger partial charge on any atom is 0.0710 e. The van der Waals surface area contributed by atoms with Crippen molar-refractivity contribution in [2.75, 3.05) is 0 Å². The normalized spacial score (nSPS) is 12.0. The summed E-state index contributed by atoms with van der Waals surface area (Å²) in [5.41, 5.74) is 1.12. The van der Waals surface area contributed by atoms with Crippen LogP contribution >= 0.6 is 0 Å². The van der Waals surface area contributed by atoms with Crippen LogP contribution in [0.3, 0.4) is 0 Å². The van der Waals surface area contributed by atoms with E-state index in [4.69, 9.17) is 5.26 Å². The molecule has 0 heterocycles. The molecule has 0 aliphatic heterocycles. The molecule has 0 aliphatic rings. The summed E-state index contributed by atoms with van der Waals surface area (Å²) in [6, 6.07) is 12.2. The Hall–Kier alpha value is -1.29. The van der Waals surface area contributed by atoms with Crippen LogP contribution < -0.4 is 0 Å². The highest BCUT2D eigenvalue weighted by Gasteiger charge is 2.04. The van der Waals surface area contributed by atoms with E-state index in [9.17, 15) is 0 Å². The van der Waals surface area contributed by atoms with Crippen molar-refractivity contribution >= 4 is 0 Å². The summed E-state index contributed by atoms with van der Waals surface area (Å²) in [7, 11) is 0. The fourth-order valence-electron chi connectivity index (χ4n) is 1.09. The van der Waals surface area contributed by atoms with E-state index in [0.29, 0.717) is 0 Å². The zero-order valence-electron chi connectivity index (χ0n) is 6.62. The minimum Gasteiger partial charge on any atom is -0.198 e. The number of rotatable bonds is 2. The van der Waals surface area contributed by atoms with Gasteiger partial charge in [-0.2, -0.15) is 5.26 Å². The van der Waals surface area contributed by atoms with Gasteiger partial charge in [0.05, 0.1) is 12.0 Å². The van der Waals surface area contributed by atoms with E-state index in [2.05, 4.69) is 6.07 Å². The van der Waals surface area contributed by atoms with Crippen LogP contribution in [0, 0.1) is 11.3 Å². The molecule has 0 radical (unpaired) electrons. The van der Waals surface area contributed by atoms with Crippen molar-refractivity contribution < 1.29 is 0 Å². The summed E-state index contributed by atoms with van der Waals surface area (Å²) in [6.45, 7) is 2.03. The predicted molar refractivity (Wildman–Crippen MR) is 45.1 cm³/mol. The smallest absolute Gasteiger partial charge is 0.0710 e. The molecule has 0 saturated carbocycles. The molecule has 0 aromatic heterocycles. The molecule has 0 amide bonds. The van der Waals surface area contributed by atoms with E-state index >= 15 is 0 Å². The van der Waals surface area contributed by atoms with Crippen molar-refractivity contribution in [1.29, 1.82) is 5.26 Å². The lowest BCUT2D eigenvalue weighted by Gasteiger charge is -2.03. The molecule has 0 aliphatic carbocycles. The van der Waals surface area contributed by atoms with Crippen LogP contribution in [0.2, 0.25) is 0 Å². The third-order valence-corrected chi connectivity index (χ3v) is 1.77. The lowest BCUT2D eigenvalue weighted by Crippen LogP contribution is -1.91. The molecule has 0 fully saturated rings. The van der Waals surface area contributed by atoms with Crippen LogP contribution in [0.4, 0.5) is 0 Å². The zero-order valence-corrected chi connectivity index (χ0v) is 6.62. The Morgan fingerprint density at radius 1 is 1.36 bits per heavy atom. The first-order chi connectivity index (χ1) is 5.38. The first-order valence-electron chi connectivity index (χ1n) is 3.83. The van der Waals surface area contributed by atoms with Crippen molar-refractivity contribution in [3.05, 3.63) is 35.9 Å². The number of benzene rings is 1. The van der Waals surface area contributed by atoms with Crippen molar-refractivity contribution in [1.82, 2.24) is 0 Å². The Balaban J connectivity index is 2.85. The van der Waals surface area contributed by atoms with Crippen LogP contribution in [0.15, 0.2) is 30.3 Å². The summed E-state index contributed by atoms with van der Waals surface area (Å²) >= 11 is 0. The van der Waals surface area contributed by atoms with E-state index in [1.165, 1.54) is 0 Å². The van der Waals surface area contributed by atoms with Crippen LogP contribution in [0.25, 0.3) is 0 Å².